The summed E-state index contributed by atoms with van der Waals surface area (Å²) in [5.41, 5.74) is 0. The molecule has 0 amide bonds. The maximum absolute atomic E-state index is 2.47. The summed E-state index contributed by atoms with van der Waals surface area (Å²) >= 11 is 0. The highest BCUT2D eigenvalue weighted by Gasteiger charge is 2.38. The van der Waals surface area contributed by atoms with Crippen molar-refractivity contribution >= 4 is 0 Å². The van der Waals surface area contributed by atoms with Crippen molar-refractivity contribution < 1.29 is 0 Å². The largest absolute Gasteiger partial charge is 0.0883 e. The molecular weight excluding hydrogens is 168 g/mol. The first kappa shape index (κ1) is 11.8. The zero-order chi connectivity index (χ0) is 10.4. The summed E-state index contributed by atoms with van der Waals surface area (Å²) in [5, 5.41) is 0. The van der Waals surface area contributed by atoms with Gasteiger partial charge >= 0.3 is 0 Å². The SMILES string of the molecule is CCCC=CC1CC1C(C)CCCC. The Morgan fingerprint density at radius 2 is 2.07 bits per heavy atom. The first-order valence-electron chi connectivity index (χ1n) is 6.46. The highest BCUT2D eigenvalue weighted by Crippen LogP contribution is 2.46. The second-order valence-electron chi connectivity index (χ2n) is 4.90. The fourth-order valence-corrected chi connectivity index (χ4v) is 2.29. The number of unbranched alkanes of at least 4 members (excludes halogenated alkanes) is 2. The van der Waals surface area contributed by atoms with Gasteiger partial charge in [-0.1, -0.05) is 58.6 Å². The van der Waals surface area contributed by atoms with Crippen LogP contribution in [0.25, 0.3) is 0 Å². The standard InChI is InChI=1S/C14H26/c1-4-6-8-10-13-11-14(13)12(3)9-7-5-2/h8,10,12-14H,4-7,9,11H2,1-3H3. The molecule has 1 saturated carbocycles. The lowest BCUT2D eigenvalue weighted by Crippen LogP contribution is -1.98. The van der Waals surface area contributed by atoms with Crippen LogP contribution in [0.3, 0.4) is 0 Å². The van der Waals surface area contributed by atoms with E-state index in [2.05, 4.69) is 32.9 Å². The summed E-state index contributed by atoms with van der Waals surface area (Å²) < 4.78 is 0. The molecule has 1 aliphatic rings. The fraction of sp³-hybridized carbons (Fsp3) is 0.857. The zero-order valence-corrected chi connectivity index (χ0v) is 10.1. The van der Waals surface area contributed by atoms with Crippen LogP contribution >= 0.6 is 0 Å². The lowest BCUT2D eigenvalue weighted by atomic mass is 9.98. The molecule has 0 bridgehead atoms. The smallest absolute Gasteiger partial charge is 0.0199 e. The van der Waals surface area contributed by atoms with Crippen LogP contribution in [0.15, 0.2) is 12.2 Å². The van der Waals surface area contributed by atoms with Gasteiger partial charge in [-0.2, -0.15) is 0 Å². The quantitative estimate of drug-likeness (QED) is 0.510. The van der Waals surface area contributed by atoms with E-state index >= 15 is 0 Å². The molecule has 3 unspecified atom stereocenters. The van der Waals surface area contributed by atoms with E-state index in [1.807, 2.05) is 0 Å². The predicted molar refractivity (Wildman–Crippen MR) is 64.3 cm³/mol. The molecular formula is C14H26. The van der Waals surface area contributed by atoms with Crippen molar-refractivity contribution in [2.24, 2.45) is 17.8 Å². The normalized spacial score (nSPS) is 28.2. The summed E-state index contributed by atoms with van der Waals surface area (Å²) in [4.78, 5) is 0. The lowest BCUT2D eigenvalue weighted by molar-refractivity contribution is 0.439. The van der Waals surface area contributed by atoms with Gasteiger partial charge in [0.15, 0.2) is 0 Å². The van der Waals surface area contributed by atoms with Gasteiger partial charge in [-0.25, -0.2) is 0 Å². The van der Waals surface area contributed by atoms with Crippen LogP contribution in [0.5, 0.6) is 0 Å². The Kier molecular flexibility index (Phi) is 5.29. The molecule has 1 rings (SSSR count). The van der Waals surface area contributed by atoms with Crippen LogP contribution in [0, 0.1) is 17.8 Å². The average molecular weight is 194 g/mol. The third-order valence-corrected chi connectivity index (χ3v) is 3.47. The van der Waals surface area contributed by atoms with E-state index in [0.717, 1.165) is 17.8 Å². The number of hydrogen-bond acceptors (Lipinski definition) is 0. The minimum absolute atomic E-state index is 0.938. The summed E-state index contributed by atoms with van der Waals surface area (Å²) in [6.45, 7) is 6.98. The fourth-order valence-electron chi connectivity index (χ4n) is 2.29. The third kappa shape index (κ3) is 3.86. The molecule has 0 saturated heterocycles. The maximum Gasteiger partial charge on any atom is -0.0199 e. The van der Waals surface area contributed by atoms with E-state index in [9.17, 15) is 0 Å². The van der Waals surface area contributed by atoms with Gasteiger partial charge in [0.2, 0.25) is 0 Å². The molecule has 3 atom stereocenters. The Hall–Kier alpha value is -0.260. The summed E-state index contributed by atoms with van der Waals surface area (Å²) in [7, 11) is 0. The van der Waals surface area contributed by atoms with E-state index in [1.165, 1.54) is 38.5 Å². The topological polar surface area (TPSA) is 0 Å². The summed E-state index contributed by atoms with van der Waals surface area (Å²) in [6, 6.07) is 0. The van der Waals surface area contributed by atoms with Crippen LogP contribution in [-0.4, -0.2) is 0 Å². The second kappa shape index (κ2) is 6.27. The average Bonchev–Trinajstić information content (AvgIpc) is 2.94. The van der Waals surface area contributed by atoms with Gasteiger partial charge in [-0.15, -0.1) is 0 Å². The van der Waals surface area contributed by atoms with Gasteiger partial charge in [-0.3, -0.25) is 0 Å². The second-order valence-corrected chi connectivity index (χ2v) is 4.90. The Labute approximate surface area is 89.8 Å². The maximum atomic E-state index is 2.47. The zero-order valence-electron chi connectivity index (χ0n) is 10.1. The van der Waals surface area contributed by atoms with Crippen molar-refractivity contribution in [3.8, 4) is 0 Å². The molecule has 14 heavy (non-hydrogen) atoms. The van der Waals surface area contributed by atoms with Crippen molar-refractivity contribution in [2.75, 3.05) is 0 Å². The monoisotopic (exact) mass is 194 g/mol. The van der Waals surface area contributed by atoms with Crippen LogP contribution in [0.2, 0.25) is 0 Å². The van der Waals surface area contributed by atoms with Gasteiger partial charge in [0, 0.05) is 0 Å². The van der Waals surface area contributed by atoms with Crippen LogP contribution in [-0.2, 0) is 0 Å². The van der Waals surface area contributed by atoms with Crippen molar-refractivity contribution in [3.05, 3.63) is 12.2 Å². The lowest BCUT2D eigenvalue weighted by Gasteiger charge is -2.08. The molecule has 0 aliphatic heterocycles. The molecule has 0 aromatic carbocycles. The molecule has 0 aromatic heterocycles. The molecule has 1 fully saturated rings. The van der Waals surface area contributed by atoms with E-state index in [4.69, 9.17) is 0 Å². The molecule has 0 aromatic rings. The minimum atomic E-state index is 0.938. The molecule has 82 valence electrons. The molecule has 0 nitrogen and oxygen atoms in total. The number of rotatable bonds is 7. The minimum Gasteiger partial charge on any atom is -0.0883 e. The first-order chi connectivity index (χ1) is 6.79. The molecule has 0 heteroatoms. The molecule has 0 N–H and O–H groups in total. The molecule has 1 aliphatic carbocycles. The molecule has 0 heterocycles. The Morgan fingerprint density at radius 1 is 1.29 bits per heavy atom. The van der Waals surface area contributed by atoms with Gasteiger partial charge in [0.25, 0.3) is 0 Å². The Balaban J connectivity index is 2.11. The van der Waals surface area contributed by atoms with Crippen LogP contribution < -0.4 is 0 Å². The molecule has 0 radical (unpaired) electrons. The summed E-state index contributed by atoms with van der Waals surface area (Å²) in [6.07, 6.45) is 13.1. The first-order valence-corrected chi connectivity index (χ1v) is 6.46. The van der Waals surface area contributed by atoms with E-state index in [1.54, 1.807) is 0 Å². The van der Waals surface area contributed by atoms with Crippen molar-refractivity contribution in [1.29, 1.82) is 0 Å². The third-order valence-electron chi connectivity index (χ3n) is 3.47. The van der Waals surface area contributed by atoms with Crippen molar-refractivity contribution in [1.82, 2.24) is 0 Å². The van der Waals surface area contributed by atoms with E-state index < -0.39 is 0 Å². The predicted octanol–water partition coefficient (Wildman–Crippen LogP) is 4.81. The van der Waals surface area contributed by atoms with E-state index in [-0.39, 0.29) is 0 Å². The Morgan fingerprint density at radius 3 is 2.71 bits per heavy atom. The van der Waals surface area contributed by atoms with Crippen molar-refractivity contribution in [3.63, 3.8) is 0 Å². The van der Waals surface area contributed by atoms with Crippen LogP contribution in [0.1, 0.15) is 59.3 Å². The number of hydrogen-bond donors (Lipinski definition) is 0. The van der Waals surface area contributed by atoms with Gasteiger partial charge in [0.1, 0.15) is 0 Å². The Bertz CT molecular complexity index is 169. The van der Waals surface area contributed by atoms with E-state index in [0.29, 0.717) is 0 Å². The number of allylic oxidation sites excluding steroid dienone is 2. The van der Waals surface area contributed by atoms with Gasteiger partial charge in [-0.05, 0) is 30.6 Å². The summed E-state index contributed by atoms with van der Waals surface area (Å²) in [5.74, 6) is 2.93. The van der Waals surface area contributed by atoms with Crippen LogP contribution in [0.4, 0.5) is 0 Å². The highest BCUT2D eigenvalue weighted by molar-refractivity contribution is 5.03. The van der Waals surface area contributed by atoms with Gasteiger partial charge < -0.3 is 0 Å². The molecule has 0 spiro atoms. The van der Waals surface area contributed by atoms with Crippen molar-refractivity contribution in [2.45, 2.75) is 59.3 Å². The highest BCUT2D eigenvalue weighted by atomic mass is 14.4. The van der Waals surface area contributed by atoms with Gasteiger partial charge in [0.05, 0.1) is 0 Å².